The first kappa shape index (κ1) is 12.4. The van der Waals surface area contributed by atoms with Gasteiger partial charge in [0, 0.05) is 18.8 Å². The SMILES string of the molecule is C[C@@H]1C(=O)NCCN1C(=O)CNc1ccccc1. The van der Waals surface area contributed by atoms with Gasteiger partial charge in [0.25, 0.3) is 0 Å². The maximum Gasteiger partial charge on any atom is 0.242 e. The third-order valence-electron chi connectivity index (χ3n) is 3.04. The van der Waals surface area contributed by atoms with Crippen molar-refractivity contribution in [2.24, 2.45) is 0 Å². The molecule has 0 aliphatic carbocycles. The Kier molecular flexibility index (Phi) is 3.82. The van der Waals surface area contributed by atoms with E-state index >= 15 is 0 Å². The Labute approximate surface area is 106 Å². The number of rotatable bonds is 3. The highest BCUT2D eigenvalue weighted by Gasteiger charge is 2.28. The standard InChI is InChI=1S/C13H17N3O2/c1-10-13(18)14-7-8-16(10)12(17)9-15-11-5-3-2-4-6-11/h2-6,10,15H,7-9H2,1H3,(H,14,18)/t10-/m1/s1. The minimum Gasteiger partial charge on any atom is -0.376 e. The van der Waals surface area contributed by atoms with E-state index in [0.717, 1.165) is 5.69 Å². The number of nitrogens with zero attached hydrogens (tertiary/aromatic N) is 1. The molecule has 1 aliphatic rings. The fourth-order valence-corrected chi connectivity index (χ4v) is 1.96. The highest BCUT2D eigenvalue weighted by atomic mass is 16.2. The zero-order valence-corrected chi connectivity index (χ0v) is 10.3. The van der Waals surface area contributed by atoms with Crippen molar-refractivity contribution in [2.75, 3.05) is 25.0 Å². The van der Waals surface area contributed by atoms with Gasteiger partial charge in [-0.15, -0.1) is 0 Å². The molecule has 1 aromatic rings. The van der Waals surface area contributed by atoms with Gasteiger partial charge in [0.2, 0.25) is 11.8 Å². The van der Waals surface area contributed by atoms with E-state index in [0.29, 0.717) is 13.1 Å². The van der Waals surface area contributed by atoms with Crippen molar-refractivity contribution in [3.63, 3.8) is 0 Å². The first-order chi connectivity index (χ1) is 8.68. The number of anilines is 1. The Morgan fingerprint density at radius 3 is 2.89 bits per heavy atom. The van der Waals surface area contributed by atoms with Crippen LogP contribution in [0, 0.1) is 0 Å². The van der Waals surface area contributed by atoms with Crippen molar-refractivity contribution in [1.82, 2.24) is 10.2 Å². The number of piperazine rings is 1. The minimum absolute atomic E-state index is 0.0544. The Morgan fingerprint density at radius 1 is 1.44 bits per heavy atom. The molecule has 1 atom stereocenters. The van der Waals surface area contributed by atoms with Gasteiger partial charge in [-0.3, -0.25) is 9.59 Å². The van der Waals surface area contributed by atoms with Crippen molar-refractivity contribution in [1.29, 1.82) is 0 Å². The summed E-state index contributed by atoms with van der Waals surface area (Å²) in [5.74, 6) is -0.143. The van der Waals surface area contributed by atoms with Crippen LogP contribution in [0.5, 0.6) is 0 Å². The molecular formula is C13H17N3O2. The number of benzene rings is 1. The fourth-order valence-electron chi connectivity index (χ4n) is 1.96. The minimum atomic E-state index is -0.385. The number of carbonyl (C=O) groups is 2. The summed E-state index contributed by atoms with van der Waals surface area (Å²) < 4.78 is 0. The Hall–Kier alpha value is -2.04. The molecule has 0 spiro atoms. The Bertz CT molecular complexity index is 433. The lowest BCUT2D eigenvalue weighted by molar-refractivity contribution is -0.141. The van der Waals surface area contributed by atoms with Gasteiger partial charge in [-0.05, 0) is 19.1 Å². The number of amides is 2. The molecule has 0 bridgehead atoms. The molecule has 1 fully saturated rings. The summed E-state index contributed by atoms with van der Waals surface area (Å²) in [6.45, 7) is 3.05. The van der Waals surface area contributed by atoms with Crippen LogP contribution in [0.2, 0.25) is 0 Å². The van der Waals surface area contributed by atoms with E-state index in [4.69, 9.17) is 0 Å². The second-order valence-electron chi connectivity index (χ2n) is 4.27. The van der Waals surface area contributed by atoms with Gasteiger partial charge >= 0.3 is 0 Å². The van der Waals surface area contributed by atoms with Crippen molar-refractivity contribution in [2.45, 2.75) is 13.0 Å². The summed E-state index contributed by atoms with van der Waals surface area (Å²) in [4.78, 5) is 25.1. The zero-order valence-electron chi connectivity index (χ0n) is 10.3. The fraction of sp³-hybridized carbons (Fsp3) is 0.385. The Morgan fingerprint density at radius 2 is 2.17 bits per heavy atom. The van der Waals surface area contributed by atoms with Gasteiger partial charge in [-0.2, -0.15) is 0 Å². The number of hydrogen-bond donors (Lipinski definition) is 2. The molecule has 2 amide bonds. The van der Waals surface area contributed by atoms with Crippen LogP contribution in [0.3, 0.4) is 0 Å². The molecule has 1 saturated heterocycles. The lowest BCUT2D eigenvalue weighted by Gasteiger charge is -2.32. The summed E-state index contributed by atoms with van der Waals surface area (Å²) in [5, 5.41) is 5.79. The maximum absolute atomic E-state index is 12.0. The summed E-state index contributed by atoms with van der Waals surface area (Å²) >= 11 is 0. The largest absolute Gasteiger partial charge is 0.376 e. The summed E-state index contributed by atoms with van der Waals surface area (Å²) in [7, 11) is 0. The smallest absolute Gasteiger partial charge is 0.242 e. The lowest BCUT2D eigenvalue weighted by Crippen LogP contribution is -2.56. The number of carbonyl (C=O) groups excluding carboxylic acids is 2. The molecule has 1 aliphatic heterocycles. The first-order valence-corrected chi connectivity index (χ1v) is 6.04. The van der Waals surface area contributed by atoms with Gasteiger partial charge < -0.3 is 15.5 Å². The van der Waals surface area contributed by atoms with E-state index in [1.807, 2.05) is 30.3 Å². The predicted octanol–water partition coefficient (Wildman–Crippen LogP) is 0.445. The lowest BCUT2D eigenvalue weighted by atomic mass is 10.2. The molecule has 0 aromatic heterocycles. The third kappa shape index (κ3) is 2.80. The van der Waals surface area contributed by atoms with Gasteiger partial charge in [0.05, 0.1) is 6.54 Å². The topological polar surface area (TPSA) is 61.4 Å². The van der Waals surface area contributed by atoms with Gasteiger partial charge in [0.15, 0.2) is 0 Å². The second-order valence-corrected chi connectivity index (χ2v) is 4.27. The van der Waals surface area contributed by atoms with Crippen LogP contribution >= 0.6 is 0 Å². The second kappa shape index (κ2) is 5.53. The average Bonchev–Trinajstić information content (AvgIpc) is 2.40. The number of hydrogen-bond acceptors (Lipinski definition) is 3. The van der Waals surface area contributed by atoms with Crippen LogP contribution in [-0.4, -0.2) is 42.4 Å². The molecule has 5 nitrogen and oxygen atoms in total. The van der Waals surface area contributed by atoms with Gasteiger partial charge in [0.1, 0.15) is 6.04 Å². The van der Waals surface area contributed by atoms with Crippen molar-refractivity contribution in [3.8, 4) is 0 Å². The van der Waals surface area contributed by atoms with E-state index in [1.54, 1.807) is 11.8 Å². The molecular weight excluding hydrogens is 230 g/mol. The Balaban J connectivity index is 1.90. The normalized spacial score (nSPS) is 19.3. The molecule has 1 heterocycles. The van der Waals surface area contributed by atoms with Gasteiger partial charge in [-0.1, -0.05) is 18.2 Å². The molecule has 0 saturated carbocycles. The van der Waals surface area contributed by atoms with E-state index in [9.17, 15) is 9.59 Å². The van der Waals surface area contributed by atoms with E-state index in [-0.39, 0.29) is 24.4 Å². The molecule has 2 rings (SSSR count). The molecule has 96 valence electrons. The van der Waals surface area contributed by atoms with Crippen LogP contribution in [0.4, 0.5) is 5.69 Å². The number of para-hydroxylation sites is 1. The summed E-state index contributed by atoms with van der Waals surface area (Å²) in [5.41, 5.74) is 0.903. The van der Waals surface area contributed by atoms with Crippen molar-refractivity contribution >= 4 is 17.5 Å². The van der Waals surface area contributed by atoms with Crippen LogP contribution in [-0.2, 0) is 9.59 Å². The van der Waals surface area contributed by atoms with E-state index < -0.39 is 0 Å². The summed E-state index contributed by atoms with van der Waals surface area (Å²) in [6, 6.07) is 9.15. The van der Waals surface area contributed by atoms with Crippen LogP contribution in [0.15, 0.2) is 30.3 Å². The average molecular weight is 247 g/mol. The number of nitrogens with one attached hydrogen (secondary N) is 2. The summed E-state index contributed by atoms with van der Waals surface area (Å²) in [6.07, 6.45) is 0. The molecule has 1 aromatic carbocycles. The monoisotopic (exact) mass is 247 g/mol. The molecule has 0 radical (unpaired) electrons. The first-order valence-electron chi connectivity index (χ1n) is 6.04. The van der Waals surface area contributed by atoms with E-state index in [2.05, 4.69) is 10.6 Å². The van der Waals surface area contributed by atoms with E-state index in [1.165, 1.54) is 0 Å². The van der Waals surface area contributed by atoms with Crippen LogP contribution in [0.1, 0.15) is 6.92 Å². The van der Waals surface area contributed by atoms with Gasteiger partial charge in [-0.25, -0.2) is 0 Å². The highest BCUT2D eigenvalue weighted by molar-refractivity contribution is 5.90. The molecule has 5 heteroatoms. The molecule has 0 unspecified atom stereocenters. The highest BCUT2D eigenvalue weighted by Crippen LogP contribution is 2.07. The molecule has 18 heavy (non-hydrogen) atoms. The van der Waals surface area contributed by atoms with Crippen molar-refractivity contribution in [3.05, 3.63) is 30.3 Å². The van der Waals surface area contributed by atoms with Crippen LogP contribution in [0.25, 0.3) is 0 Å². The quantitative estimate of drug-likeness (QED) is 0.815. The zero-order chi connectivity index (χ0) is 13.0. The molecule has 2 N–H and O–H groups in total. The van der Waals surface area contributed by atoms with Crippen LogP contribution < -0.4 is 10.6 Å². The third-order valence-corrected chi connectivity index (χ3v) is 3.04. The predicted molar refractivity (Wildman–Crippen MR) is 69.1 cm³/mol. The van der Waals surface area contributed by atoms with Crippen molar-refractivity contribution < 1.29 is 9.59 Å². The maximum atomic E-state index is 12.0.